The van der Waals surface area contributed by atoms with E-state index in [0.717, 1.165) is 16.9 Å². The maximum atomic E-state index is 5.59. The molecule has 0 aliphatic rings. The highest BCUT2D eigenvalue weighted by molar-refractivity contribution is 6.42. The first-order chi connectivity index (χ1) is 6.66. The van der Waals surface area contributed by atoms with Crippen LogP contribution >= 0.6 is 0 Å². The molecule has 0 fully saturated rings. The molecule has 0 saturated carbocycles. The molecule has 0 aliphatic heterocycles. The fraction of sp³-hybridized carbons (Fsp3) is 1.00. The summed E-state index contributed by atoms with van der Waals surface area (Å²) in [5.41, 5.74) is 0. The van der Waals surface area contributed by atoms with Crippen molar-refractivity contribution in [3.63, 3.8) is 0 Å². The van der Waals surface area contributed by atoms with E-state index in [-0.39, 0.29) is 0 Å². The third-order valence-electron chi connectivity index (χ3n) is 1.61. The van der Waals surface area contributed by atoms with E-state index in [1.165, 1.54) is 0 Å². The smallest absolute Gasteiger partial charge is 0.295 e. The van der Waals surface area contributed by atoms with Crippen LogP contribution in [-0.4, -0.2) is 46.6 Å². The number of hydrogen-bond acceptors (Lipinski definition) is 4. The molecule has 1 atom stereocenters. The van der Waals surface area contributed by atoms with E-state index < -0.39 is 30.0 Å². The molecule has 4 nitrogen and oxygen atoms in total. The lowest BCUT2D eigenvalue weighted by atomic mass is 10.1. The SMILES string of the molecule is CC(C)CC(C)O[SiH2]O[SiH2]O[SiH2]O[SiH3]. The van der Waals surface area contributed by atoms with Gasteiger partial charge in [-0.2, -0.15) is 0 Å². The summed E-state index contributed by atoms with van der Waals surface area (Å²) >= 11 is 0. The Morgan fingerprint density at radius 1 is 1.07 bits per heavy atom. The lowest BCUT2D eigenvalue weighted by Crippen LogP contribution is -2.19. The quantitative estimate of drug-likeness (QED) is 0.351. The third kappa shape index (κ3) is 10.8. The molecule has 0 radical (unpaired) electrons. The molecule has 14 heavy (non-hydrogen) atoms. The lowest BCUT2D eigenvalue weighted by Gasteiger charge is -2.15. The van der Waals surface area contributed by atoms with Crippen LogP contribution in [0.25, 0.3) is 0 Å². The van der Waals surface area contributed by atoms with E-state index in [2.05, 4.69) is 20.8 Å². The van der Waals surface area contributed by atoms with E-state index in [0.29, 0.717) is 12.0 Å². The van der Waals surface area contributed by atoms with Crippen LogP contribution in [-0.2, 0) is 16.8 Å². The van der Waals surface area contributed by atoms with Crippen LogP contribution in [0.4, 0.5) is 0 Å². The Morgan fingerprint density at radius 3 is 2.29 bits per heavy atom. The van der Waals surface area contributed by atoms with Gasteiger partial charge in [0.1, 0.15) is 10.5 Å². The van der Waals surface area contributed by atoms with Crippen LogP contribution < -0.4 is 0 Å². The van der Waals surface area contributed by atoms with E-state index in [4.69, 9.17) is 16.8 Å². The molecule has 0 aromatic heterocycles. The average molecular weight is 271 g/mol. The predicted molar refractivity (Wildman–Crippen MR) is 68.8 cm³/mol. The van der Waals surface area contributed by atoms with Crippen molar-refractivity contribution in [2.45, 2.75) is 33.3 Å². The molecule has 0 saturated heterocycles. The first kappa shape index (κ1) is 14.7. The zero-order chi connectivity index (χ0) is 10.8. The normalized spacial score (nSPS) is 16.3. The standard InChI is InChI=1S/C6H22O4Si4/c1-5(2)4-6(3)7-12-9-14-10-13-8-11/h5-6H,4,12-14H2,1-3,11H3. The monoisotopic (exact) mass is 270 g/mol. The second-order valence-electron chi connectivity index (χ2n) is 3.66. The van der Waals surface area contributed by atoms with Crippen LogP contribution in [0.5, 0.6) is 0 Å². The van der Waals surface area contributed by atoms with Gasteiger partial charge in [-0.1, -0.05) is 13.8 Å². The van der Waals surface area contributed by atoms with Crippen LogP contribution in [0.2, 0.25) is 0 Å². The fourth-order valence-electron chi connectivity index (χ4n) is 1.11. The van der Waals surface area contributed by atoms with Gasteiger partial charge in [0, 0.05) is 6.10 Å². The van der Waals surface area contributed by atoms with Gasteiger partial charge < -0.3 is 16.8 Å². The van der Waals surface area contributed by atoms with Crippen molar-refractivity contribution in [3.05, 3.63) is 0 Å². The summed E-state index contributed by atoms with van der Waals surface area (Å²) in [7, 11) is -1.46. The Hall–Kier alpha value is 0.708. The Morgan fingerprint density at radius 2 is 1.71 bits per heavy atom. The summed E-state index contributed by atoms with van der Waals surface area (Å²) in [5, 5.41) is 0. The van der Waals surface area contributed by atoms with Gasteiger partial charge in [-0.15, -0.1) is 0 Å². The second kappa shape index (κ2) is 10.2. The van der Waals surface area contributed by atoms with Gasteiger partial charge in [0.2, 0.25) is 0 Å². The fourth-order valence-corrected chi connectivity index (χ4v) is 6.10. The molecule has 0 heterocycles. The van der Waals surface area contributed by atoms with Gasteiger partial charge >= 0.3 is 0 Å². The first-order valence-corrected chi connectivity index (χ1v) is 9.21. The summed E-state index contributed by atoms with van der Waals surface area (Å²) in [6, 6.07) is 0. The molecule has 0 rings (SSSR count). The van der Waals surface area contributed by atoms with E-state index in [1.807, 2.05) is 0 Å². The van der Waals surface area contributed by atoms with Crippen LogP contribution in [0.3, 0.4) is 0 Å². The molecule has 0 N–H and O–H groups in total. The van der Waals surface area contributed by atoms with Gasteiger partial charge in [-0.25, -0.2) is 0 Å². The van der Waals surface area contributed by atoms with Crippen LogP contribution in [0.15, 0.2) is 0 Å². The molecule has 0 spiro atoms. The maximum Gasteiger partial charge on any atom is 0.295 e. The first-order valence-electron chi connectivity index (χ1n) is 4.92. The molecule has 0 aromatic carbocycles. The van der Waals surface area contributed by atoms with Gasteiger partial charge in [0.05, 0.1) is 0 Å². The van der Waals surface area contributed by atoms with E-state index >= 15 is 0 Å². The molecule has 0 amide bonds. The van der Waals surface area contributed by atoms with Gasteiger partial charge in [-0.05, 0) is 19.3 Å². The van der Waals surface area contributed by atoms with Crippen molar-refractivity contribution in [1.29, 1.82) is 0 Å². The zero-order valence-corrected chi connectivity index (χ0v) is 15.9. The third-order valence-corrected chi connectivity index (χ3v) is 5.92. The highest BCUT2D eigenvalue weighted by Gasteiger charge is 2.04. The van der Waals surface area contributed by atoms with E-state index in [1.54, 1.807) is 0 Å². The van der Waals surface area contributed by atoms with Crippen molar-refractivity contribution in [1.82, 2.24) is 0 Å². The van der Waals surface area contributed by atoms with Gasteiger partial charge in [0.25, 0.3) is 30.0 Å². The van der Waals surface area contributed by atoms with Crippen molar-refractivity contribution >= 4 is 40.5 Å². The van der Waals surface area contributed by atoms with Crippen molar-refractivity contribution in [2.24, 2.45) is 5.92 Å². The summed E-state index contributed by atoms with van der Waals surface area (Å²) in [4.78, 5) is 0. The number of rotatable bonds is 9. The minimum atomic E-state index is -0.792. The molecule has 8 heteroatoms. The topological polar surface area (TPSA) is 36.9 Å². The lowest BCUT2D eigenvalue weighted by molar-refractivity contribution is 0.177. The molecular formula is C6H22O4Si4. The molecule has 0 aromatic rings. The highest BCUT2D eigenvalue weighted by Crippen LogP contribution is 2.06. The molecule has 0 aliphatic carbocycles. The van der Waals surface area contributed by atoms with Crippen LogP contribution in [0, 0.1) is 5.92 Å². The molecule has 1 unspecified atom stereocenters. The Labute approximate surface area is 96.8 Å². The van der Waals surface area contributed by atoms with Crippen LogP contribution in [0.1, 0.15) is 27.2 Å². The Kier molecular flexibility index (Phi) is 10.8. The summed E-state index contributed by atoms with van der Waals surface area (Å²) in [6.45, 7) is 6.51. The predicted octanol–water partition coefficient (Wildman–Crippen LogP) is -2.24. The molecule has 86 valence electrons. The largest absolute Gasteiger partial charge is 0.449 e. The summed E-state index contributed by atoms with van der Waals surface area (Å²) in [5.74, 6) is 0.693. The summed E-state index contributed by atoms with van der Waals surface area (Å²) in [6.07, 6.45) is 1.44. The summed E-state index contributed by atoms with van der Waals surface area (Å²) < 4.78 is 21.3. The minimum absolute atomic E-state index is 0.336. The molecule has 0 bridgehead atoms. The molecular weight excluding hydrogens is 248 g/mol. The second-order valence-corrected chi connectivity index (χ2v) is 10.3. The Balaban J connectivity index is 3.10. The van der Waals surface area contributed by atoms with Crippen molar-refractivity contribution in [2.75, 3.05) is 0 Å². The minimum Gasteiger partial charge on any atom is -0.449 e. The number of hydrogen-bond donors (Lipinski definition) is 0. The van der Waals surface area contributed by atoms with Gasteiger partial charge in [0.15, 0.2) is 0 Å². The van der Waals surface area contributed by atoms with E-state index in [9.17, 15) is 0 Å². The van der Waals surface area contributed by atoms with Crippen molar-refractivity contribution in [3.8, 4) is 0 Å². The van der Waals surface area contributed by atoms with Gasteiger partial charge in [-0.3, -0.25) is 0 Å². The Bertz CT molecular complexity index is 126. The van der Waals surface area contributed by atoms with Crippen molar-refractivity contribution < 1.29 is 16.8 Å². The average Bonchev–Trinajstić information content (AvgIpc) is 2.10. The highest BCUT2D eigenvalue weighted by atomic mass is 28.4. The zero-order valence-electron chi connectivity index (χ0n) is 9.62. The maximum absolute atomic E-state index is 5.59.